The number of carbonyl (C=O) groups is 1. The van der Waals surface area contributed by atoms with Crippen molar-refractivity contribution in [2.75, 3.05) is 0 Å². The Bertz CT molecular complexity index is 341. The van der Waals surface area contributed by atoms with Gasteiger partial charge in [0.25, 0.3) is 0 Å². The summed E-state index contributed by atoms with van der Waals surface area (Å²) in [5.41, 5.74) is -0.125. The molecule has 1 amide bonds. The zero-order valence-corrected chi connectivity index (χ0v) is 9.62. The summed E-state index contributed by atoms with van der Waals surface area (Å²) in [6, 6.07) is 0. The number of rotatable bonds is 4. The van der Waals surface area contributed by atoms with Crippen molar-refractivity contribution in [3.63, 3.8) is 0 Å². The van der Waals surface area contributed by atoms with E-state index >= 15 is 0 Å². The highest BCUT2D eigenvalue weighted by Crippen LogP contribution is 2.41. The van der Waals surface area contributed by atoms with Crippen molar-refractivity contribution in [3.8, 4) is 0 Å². The summed E-state index contributed by atoms with van der Waals surface area (Å²) in [5, 5.41) is 9.43. The maximum atomic E-state index is 12.1. The number of aromatic amines is 1. The minimum Gasteiger partial charge on any atom is -0.348 e. The SMILES string of the molecule is CCC1(C(=O)NCc2ncn[nH]2)CCCC1. The molecule has 1 aliphatic carbocycles. The lowest BCUT2D eigenvalue weighted by Gasteiger charge is -2.25. The smallest absolute Gasteiger partial charge is 0.226 e. The van der Waals surface area contributed by atoms with Crippen LogP contribution in [-0.2, 0) is 11.3 Å². The van der Waals surface area contributed by atoms with Gasteiger partial charge in [0.05, 0.1) is 6.54 Å². The number of amides is 1. The third-order valence-electron chi connectivity index (χ3n) is 3.60. The van der Waals surface area contributed by atoms with E-state index in [1.807, 2.05) is 0 Å². The normalized spacial score (nSPS) is 18.6. The molecule has 2 N–H and O–H groups in total. The van der Waals surface area contributed by atoms with Crippen molar-refractivity contribution in [2.45, 2.75) is 45.6 Å². The van der Waals surface area contributed by atoms with Crippen molar-refractivity contribution in [3.05, 3.63) is 12.2 Å². The minimum absolute atomic E-state index is 0.125. The first kappa shape index (κ1) is 11.1. The van der Waals surface area contributed by atoms with Gasteiger partial charge in [0, 0.05) is 5.41 Å². The number of aromatic nitrogens is 3. The molecule has 1 heterocycles. The van der Waals surface area contributed by atoms with Crippen LogP contribution in [0.1, 0.15) is 44.9 Å². The van der Waals surface area contributed by atoms with Crippen LogP contribution in [0.5, 0.6) is 0 Å². The molecule has 5 nitrogen and oxygen atoms in total. The van der Waals surface area contributed by atoms with Crippen molar-refractivity contribution in [1.29, 1.82) is 0 Å². The molecule has 1 aromatic heterocycles. The molecule has 0 spiro atoms. The number of nitrogens with zero attached hydrogens (tertiary/aromatic N) is 2. The van der Waals surface area contributed by atoms with Gasteiger partial charge in [-0.3, -0.25) is 9.89 Å². The van der Waals surface area contributed by atoms with Crippen LogP contribution in [-0.4, -0.2) is 21.1 Å². The van der Waals surface area contributed by atoms with E-state index in [0.717, 1.165) is 19.3 Å². The summed E-state index contributed by atoms with van der Waals surface area (Å²) in [7, 11) is 0. The number of carbonyl (C=O) groups excluding carboxylic acids is 1. The van der Waals surface area contributed by atoms with Crippen LogP contribution in [0.3, 0.4) is 0 Å². The van der Waals surface area contributed by atoms with E-state index in [1.54, 1.807) is 0 Å². The first-order valence-electron chi connectivity index (χ1n) is 5.89. The highest BCUT2D eigenvalue weighted by molar-refractivity contribution is 5.82. The first-order chi connectivity index (χ1) is 7.77. The van der Waals surface area contributed by atoms with Crippen molar-refractivity contribution < 1.29 is 4.79 Å². The third-order valence-corrected chi connectivity index (χ3v) is 3.60. The number of hydrogen-bond donors (Lipinski definition) is 2. The van der Waals surface area contributed by atoms with Crippen LogP contribution in [0.2, 0.25) is 0 Å². The first-order valence-corrected chi connectivity index (χ1v) is 5.89. The van der Waals surface area contributed by atoms with Crippen molar-refractivity contribution in [2.24, 2.45) is 5.41 Å². The molecule has 0 aliphatic heterocycles. The highest BCUT2D eigenvalue weighted by atomic mass is 16.2. The van der Waals surface area contributed by atoms with E-state index in [4.69, 9.17) is 0 Å². The average molecular weight is 222 g/mol. The molecule has 0 bridgehead atoms. The molecule has 88 valence electrons. The molecular weight excluding hydrogens is 204 g/mol. The predicted octanol–water partition coefficient (Wildman–Crippen LogP) is 1.39. The van der Waals surface area contributed by atoms with Crippen LogP contribution >= 0.6 is 0 Å². The van der Waals surface area contributed by atoms with Gasteiger partial charge in [0.1, 0.15) is 12.2 Å². The fourth-order valence-electron chi connectivity index (χ4n) is 2.46. The van der Waals surface area contributed by atoms with E-state index in [-0.39, 0.29) is 11.3 Å². The summed E-state index contributed by atoms with van der Waals surface area (Å²) < 4.78 is 0. The van der Waals surface area contributed by atoms with Crippen LogP contribution in [0, 0.1) is 5.41 Å². The van der Waals surface area contributed by atoms with Gasteiger partial charge >= 0.3 is 0 Å². The molecule has 1 fully saturated rings. The second kappa shape index (κ2) is 4.63. The Labute approximate surface area is 95.0 Å². The molecule has 0 unspecified atom stereocenters. The van der Waals surface area contributed by atoms with E-state index in [9.17, 15) is 4.79 Å². The monoisotopic (exact) mass is 222 g/mol. The quantitative estimate of drug-likeness (QED) is 0.808. The minimum atomic E-state index is -0.125. The molecule has 0 aromatic carbocycles. The Balaban J connectivity index is 1.91. The van der Waals surface area contributed by atoms with Crippen LogP contribution < -0.4 is 5.32 Å². The van der Waals surface area contributed by atoms with E-state index in [2.05, 4.69) is 27.4 Å². The molecule has 0 atom stereocenters. The van der Waals surface area contributed by atoms with Gasteiger partial charge in [0.15, 0.2) is 0 Å². The molecule has 16 heavy (non-hydrogen) atoms. The Morgan fingerprint density at radius 3 is 2.88 bits per heavy atom. The zero-order valence-electron chi connectivity index (χ0n) is 9.62. The van der Waals surface area contributed by atoms with E-state index in [0.29, 0.717) is 12.4 Å². The summed E-state index contributed by atoms with van der Waals surface area (Å²) in [5.74, 6) is 0.876. The van der Waals surface area contributed by atoms with Gasteiger partial charge in [-0.1, -0.05) is 19.8 Å². The Hall–Kier alpha value is -1.39. The predicted molar refractivity (Wildman–Crippen MR) is 59.4 cm³/mol. The number of hydrogen-bond acceptors (Lipinski definition) is 3. The van der Waals surface area contributed by atoms with Crippen LogP contribution in [0.25, 0.3) is 0 Å². The largest absolute Gasteiger partial charge is 0.348 e. The van der Waals surface area contributed by atoms with Gasteiger partial charge in [-0.05, 0) is 19.3 Å². The number of nitrogens with one attached hydrogen (secondary N) is 2. The molecule has 1 saturated carbocycles. The molecule has 0 radical (unpaired) electrons. The zero-order chi connectivity index (χ0) is 11.4. The lowest BCUT2D eigenvalue weighted by atomic mass is 9.82. The fourth-order valence-corrected chi connectivity index (χ4v) is 2.46. The number of H-pyrrole nitrogens is 1. The topological polar surface area (TPSA) is 70.7 Å². The van der Waals surface area contributed by atoms with Gasteiger partial charge in [-0.15, -0.1) is 0 Å². The Kier molecular flexibility index (Phi) is 3.22. The maximum absolute atomic E-state index is 12.1. The van der Waals surface area contributed by atoms with Gasteiger partial charge in [0.2, 0.25) is 5.91 Å². The highest BCUT2D eigenvalue weighted by Gasteiger charge is 2.38. The van der Waals surface area contributed by atoms with Gasteiger partial charge in [-0.2, -0.15) is 5.10 Å². The molecule has 2 rings (SSSR count). The molecule has 0 saturated heterocycles. The molecular formula is C11H18N4O. The van der Waals surface area contributed by atoms with E-state index in [1.165, 1.54) is 19.2 Å². The summed E-state index contributed by atoms with van der Waals surface area (Å²) in [4.78, 5) is 16.1. The maximum Gasteiger partial charge on any atom is 0.226 e. The summed E-state index contributed by atoms with van der Waals surface area (Å²) in [6.07, 6.45) is 6.76. The Morgan fingerprint density at radius 2 is 2.31 bits per heavy atom. The van der Waals surface area contributed by atoms with Crippen molar-refractivity contribution >= 4 is 5.91 Å². The second-order valence-corrected chi connectivity index (χ2v) is 4.46. The summed E-state index contributed by atoms with van der Waals surface area (Å²) >= 11 is 0. The lowest BCUT2D eigenvalue weighted by molar-refractivity contribution is -0.131. The molecule has 5 heteroatoms. The van der Waals surface area contributed by atoms with Gasteiger partial charge in [-0.25, -0.2) is 4.98 Å². The van der Waals surface area contributed by atoms with Crippen molar-refractivity contribution in [1.82, 2.24) is 20.5 Å². The fraction of sp³-hybridized carbons (Fsp3) is 0.727. The van der Waals surface area contributed by atoms with Gasteiger partial charge < -0.3 is 5.32 Å². The second-order valence-electron chi connectivity index (χ2n) is 4.46. The van der Waals surface area contributed by atoms with E-state index < -0.39 is 0 Å². The summed E-state index contributed by atoms with van der Waals surface area (Å²) in [6.45, 7) is 2.54. The Morgan fingerprint density at radius 1 is 1.56 bits per heavy atom. The third kappa shape index (κ3) is 2.08. The lowest BCUT2D eigenvalue weighted by Crippen LogP contribution is -2.38. The average Bonchev–Trinajstić information content (AvgIpc) is 2.97. The molecule has 1 aromatic rings. The van der Waals surface area contributed by atoms with Crippen LogP contribution in [0.4, 0.5) is 0 Å². The van der Waals surface area contributed by atoms with Crippen LogP contribution in [0.15, 0.2) is 6.33 Å². The standard InChI is InChI=1S/C11H18N4O/c1-2-11(5-3-4-6-11)10(16)12-7-9-13-8-14-15-9/h8H,2-7H2,1H3,(H,12,16)(H,13,14,15). The molecule has 1 aliphatic rings.